The van der Waals surface area contributed by atoms with Crippen molar-refractivity contribution < 1.29 is 8.42 Å². The first-order chi connectivity index (χ1) is 13.4. The van der Waals surface area contributed by atoms with Crippen molar-refractivity contribution in [1.29, 1.82) is 0 Å². The zero-order valence-corrected chi connectivity index (χ0v) is 16.3. The third kappa shape index (κ3) is 2.69. The highest BCUT2D eigenvalue weighted by molar-refractivity contribution is 7.89. The van der Waals surface area contributed by atoms with Crippen LogP contribution in [0.4, 0.5) is 0 Å². The lowest BCUT2D eigenvalue weighted by molar-refractivity contribution is 0.505. The van der Waals surface area contributed by atoms with E-state index in [2.05, 4.69) is 36.9 Å². The number of fused-ring (bicyclic) bond motifs is 3. The monoisotopic (exact) mass is 400 g/mol. The molecule has 0 spiro atoms. The average Bonchev–Trinajstić information content (AvgIpc) is 3.39. The van der Waals surface area contributed by atoms with Crippen LogP contribution in [0.2, 0.25) is 0 Å². The summed E-state index contributed by atoms with van der Waals surface area (Å²) in [6.45, 7) is 2.12. The van der Waals surface area contributed by atoms with Gasteiger partial charge in [-0.25, -0.2) is 18.1 Å². The lowest BCUT2D eigenvalue weighted by Gasteiger charge is -2.13. The number of nitrogens with one attached hydrogen (secondary N) is 2. The van der Waals surface area contributed by atoms with Gasteiger partial charge in [-0.05, 0) is 24.8 Å². The molecule has 146 valence electrons. The maximum atomic E-state index is 12.6. The summed E-state index contributed by atoms with van der Waals surface area (Å²) in [4.78, 5) is 7.63. The maximum Gasteiger partial charge on any atom is 0.243 e. The Kier molecular flexibility index (Phi) is 3.78. The molecule has 0 saturated heterocycles. The van der Waals surface area contributed by atoms with Crippen LogP contribution >= 0.6 is 0 Å². The van der Waals surface area contributed by atoms with Crippen molar-refractivity contribution in [2.75, 3.05) is 0 Å². The fourth-order valence-electron chi connectivity index (χ4n) is 4.17. The van der Waals surface area contributed by atoms with Crippen LogP contribution in [-0.4, -0.2) is 48.8 Å². The Hall–Kier alpha value is -2.79. The van der Waals surface area contributed by atoms with Crippen LogP contribution in [0.3, 0.4) is 0 Å². The molecule has 5 rings (SSSR count). The Morgan fingerprint density at radius 1 is 1.25 bits per heavy atom. The lowest BCUT2D eigenvalue weighted by atomic mass is 9.97. The number of H-pyrrole nitrogens is 1. The molecule has 4 aromatic rings. The summed E-state index contributed by atoms with van der Waals surface area (Å²) in [6, 6.07) is 1.78. The quantitative estimate of drug-likeness (QED) is 0.531. The molecule has 0 unspecified atom stereocenters. The van der Waals surface area contributed by atoms with Crippen molar-refractivity contribution in [3.05, 3.63) is 36.7 Å². The van der Waals surface area contributed by atoms with Gasteiger partial charge in [0.15, 0.2) is 11.3 Å². The predicted molar refractivity (Wildman–Crippen MR) is 101 cm³/mol. The molecule has 1 saturated carbocycles. The van der Waals surface area contributed by atoms with E-state index in [1.807, 2.05) is 16.7 Å². The van der Waals surface area contributed by atoms with Crippen LogP contribution in [0.5, 0.6) is 0 Å². The molecule has 10 nitrogen and oxygen atoms in total. The highest BCUT2D eigenvalue weighted by atomic mass is 32.2. The number of sulfonamides is 1. The van der Waals surface area contributed by atoms with Gasteiger partial charge in [-0.3, -0.25) is 9.08 Å². The molecule has 0 bridgehead atoms. The van der Waals surface area contributed by atoms with Crippen LogP contribution < -0.4 is 4.72 Å². The number of rotatable bonds is 4. The zero-order valence-electron chi connectivity index (χ0n) is 15.4. The maximum absolute atomic E-state index is 12.6. The Morgan fingerprint density at radius 2 is 2.11 bits per heavy atom. The molecule has 0 aromatic carbocycles. The number of aryl methyl sites for hydroxylation is 1. The SMILES string of the molecule is C[C@@H]1C[C@H](NS(=O)(=O)c2cnn(C)c2)C[C@@H]1c1nnc2cnc3[nH]ccc3n12. The summed E-state index contributed by atoms with van der Waals surface area (Å²) in [5, 5.41) is 12.6. The van der Waals surface area contributed by atoms with Crippen LogP contribution in [0, 0.1) is 5.92 Å². The molecule has 0 aliphatic heterocycles. The second-order valence-electron chi connectivity index (χ2n) is 7.44. The van der Waals surface area contributed by atoms with Crippen LogP contribution in [0.15, 0.2) is 35.7 Å². The molecule has 2 N–H and O–H groups in total. The minimum absolute atomic E-state index is 0.0945. The highest BCUT2D eigenvalue weighted by Crippen LogP contribution is 2.39. The van der Waals surface area contributed by atoms with Gasteiger partial charge < -0.3 is 4.98 Å². The molecule has 1 aliphatic carbocycles. The summed E-state index contributed by atoms with van der Waals surface area (Å²) in [5.74, 6) is 1.20. The fourth-order valence-corrected chi connectivity index (χ4v) is 5.41. The standard InChI is InChI=1S/C17H20N8O2S/c1-10-5-11(23-28(26,27)12-7-20-24(2)9-12)6-13(10)17-22-21-15-8-19-16-14(25(15)17)3-4-18-16/h3-4,7-11,13,18,23H,5-6H2,1-2H3/t10-,11+,13+/m1/s1. The molecule has 0 radical (unpaired) electrons. The third-order valence-electron chi connectivity index (χ3n) is 5.49. The Bertz CT molecular complexity index is 1270. The van der Waals surface area contributed by atoms with Crippen molar-refractivity contribution in [2.24, 2.45) is 13.0 Å². The summed E-state index contributed by atoms with van der Waals surface area (Å²) in [6.07, 6.45) is 7.79. The Morgan fingerprint density at radius 3 is 2.89 bits per heavy atom. The van der Waals surface area contributed by atoms with E-state index in [1.165, 1.54) is 17.1 Å². The summed E-state index contributed by atoms with van der Waals surface area (Å²) in [5.41, 5.74) is 2.38. The van der Waals surface area contributed by atoms with E-state index in [9.17, 15) is 8.42 Å². The molecule has 1 aliphatic rings. The first-order valence-electron chi connectivity index (χ1n) is 9.10. The Balaban J connectivity index is 1.45. The van der Waals surface area contributed by atoms with E-state index >= 15 is 0 Å². The first-order valence-corrected chi connectivity index (χ1v) is 10.6. The molecule has 0 amide bonds. The molecule has 3 atom stereocenters. The van der Waals surface area contributed by atoms with E-state index in [0.717, 1.165) is 23.4 Å². The van der Waals surface area contributed by atoms with E-state index in [-0.39, 0.29) is 22.8 Å². The number of aromatic amines is 1. The summed E-state index contributed by atoms with van der Waals surface area (Å²) < 4.78 is 31.6. The van der Waals surface area contributed by atoms with Gasteiger partial charge in [-0.15, -0.1) is 10.2 Å². The number of hydrogen-bond acceptors (Lipinski definition) is 6. The van der Waals surface area contributed by atoms with Gasteiger partial charge in [0.05, 0.1) is 17.9 Å². The van der Waals surface area contributed by atoms with Crippen molar-refractivity contribution in [1.82, 2.24) is 39.1 Å². The van der Waals surface area contributed by atoms with Crippen molar-refractivity contribution in [3.8, 4) is 0 Å². The molecule has 1 fully saturated rings. The fraction of sp³-hybridized carbons (Fsp3) is 0.412. The summed E-state index contributed by atoms with van der Waals surface area (Å²) in [7, 11) is -1.90. The topological polar surface area (TPSA) is 123 Å². The van der Waals surface area contributed by atoms with E-state index < -0.39 is 10.0 Å². The van der Waals surface area contributed by atoms with Crippen LogP contribution in [-0.2, 0) is 17.1 Å². The van der Waals surface area contributed by atoms with E-state index in [1.54, 1.807) is 13.2 Å². The number of aromatic nitrogens is 7. The molecule has 11 heteroatoms. The van der Waals surface area contributed by atoms with Crippen LogP contribution in [0.25, 0.3) is 16.8 Å². The van der Waals surface area contributed by atoms with Gasteiger partial charge in [0.2, 0.25) is 10.0 Å². The average molecular weight is 400 g/mol. The molecule has 4 heterocycles. The second kappa shape index (κ2) is 6.11. The van der Waals surface area contributed by atoms with Gasteiger partial charge >= 0.3 is 0 Å². The van der Waals surface area contributed by atoms with E-state index in [4.69, 9.17) is 0 Å². The third-order valence-corrected chi connectivity index (χ3v) is 6.97. The van der Waals surface area contributed by atoms with Gasteiger partial charge in [0.25, 0.3) is 0 Å². The van der Waals surface area contributed by atoms with Crippen molar-refractivity contribution in [3.63, 3.8) is 0 Å². The first kappa shape index (κ1) is 17.3. The molecular formula is C17H20N8O2S. The number of nitrogens with zero attached hydrogens (tertiary/aromatic N) is 6. The normalized spacial score (nSPS) is 23.1. The zero-order chi connectivity index (χ0) is 19.5. The molecule has 28 heavy (non-hydrogen) atoms. The minimum atomic E-state index is -3.60. The smallest absolute Gasteiger partial charge is 0.243 e. The predicted octanol–water partition coefficient (Wildman–Crippen LogP) is 1.20. The highest BCUT2D eigenvalue weighted by Gasteiger charge is 2.37. The minimum Gasteiger partial charge on any atom is -0.345 e. The van der Waals surface area contributed by atoms with Crippen LogP contribution in [0.1, 0.15) is 31.5 Å². The van der Waals surface area contributed by atoms with Crippen molar-refractivity contribution in [2.45, 2.75) is 36.6 Å². The van der Waals surface area contributed by atoms with Gasteiger partial charge in [-0.2, -0.15) is 5.10 Å². The van der Waals surface area contributed by atoms with E-state index in [0.29, 0.717) is 12.1 Å². The van der Waals surface area contributed by atoms with Gasteiger partial charge in [0.1, 0.15) is 10.7 Å². The lowest BCUT2D eigenvalue weighted by Crippen LogP contribution is -2.33. The van der Waals surface area contributed by atoms with Crippen molar-refractivity contribution >= 4 is 26.8 Å². The second-order valence-corrected chi connectivity index (χ2v) is 9.16. The van der Waals surface area contributed by atoms with Gasteiger partial charge in [0, 0.05) is 31.4 Å². The Labute approximate surface area is 161 Å². The number of hydrogen-bond donors (Lipinski definition) is 2. The summed E-state index contributed by atoms with van der Waals surface area (Å²) >= 11 is 0. The largest absolute Gasteiger partial charge is 0.345 e. The molecule has 4 aromatic heterocycles. The molecular weight excluding hydrogens is 380 g/mol. The van der Waals surface area contributed by atoms with Gasteiger partial charge in [-0.1, -0.05) is 6.92 Å².